The highest BCUT2D eigenvalue weighted by molar-refractivity contribution is 7.09. The molecule has 2 rings (SSSR count). The summed E-state index contributed by atoms with van der Waals surface area (Å²) in [5.41, 5.74) is 0.963. The first-order chi connectivity index (χ1) is 7.74. The molecule has 1 N–H and O–H groups in total. The number of benzene rings is 1. The maximum Gasteiger partial charge on any atom is 0.123 e. The molecule has 1 atom stereocenters. The molecule has 84 valence electrons. The van der Waals surface area contributed by atoms with Gasteiger partial charge in [0.05, 0.1) is 0 Å². The second-order valence-electron chi connectivity index (χ2n) is 3.84. The third-order valence-electron chi connectivity index (χ3n) is 2.34. The van der Waals surface area contributed by atoms with Crippen LogP contribution in [0.4, 0.5) is 10.1 Å². The van der Waals surface area contributed by atoms with Crippen molar-refractivity contribution >= 4 is 17.0 Å². The molecular formula is C13H14FNS. The average molecular weight is 235 g/mol. The van der Waals surface area contributed by atoms with Crippen LogP contribution in [0, 0.1) is 5.82 Å². The molecule has 1 nitrogen and oxygen atoms in total. The molecule has 1 unspecified atom stereocenters. The Morgan fingerprint density at radius 2 is 2.00 bits per heavy atom. The summed E-state index contributed by atoms with van der Waals surface area (Å²) in [6, 6.07) is 11.0. The number of thiophene rings is 1. The van der Waals surface area contributed by atoms with Crippen LogP contribution in [0.5, 0.6) is 0 Å². The number of nitrogens with one attached hydrogen (secondary N) is 1. The Morgan fingerprint density at radius 1 is 1.25 bits per heavy atom. The molecule has 0 radical (unpaired) electrons. The topological polar surface area (TPSA) is 12.0 Å². The quantitative estimate of drug-likeness (QED) is 0.846. The van der Waals surface area contributed by atoms with Gasteiger partial charge in [-0.15, -0.1) is 11.3 Å². The highest BCUT2D eigenvalue weighted by atomic mass is 32.1. The first kappa shape index (κ1) is 11.1. The molecule has 3 heteroatoms. The smallest absolute Gasteiger partial charge is 0.123 e. The normalized spacial score (nSPS) is 12.4. The van der Waals surface area contributed by atoms with Crippen molar-refractivity contribution < 1.29 is 4.39 Å². The van der Waals surface area contributed by atoms with E-state index >= 15 is 0 Å². The van der Waals surface area contributed by atoms with E-state index in [4.69, 9.17) is 0 Å². The van der Waals surface area contributed by atoms with Gasteiger partial charge in [0.15, 0.2) is 0 Å². The maximum absolute atomic E-state index is 12.7. The van der Waals surface area contributed by atoms with Crippen molar-refractivity contribution in [2.45, 2.75) is 19.4 Å². The minimum absolute atomic E-state index is 0.198. The standard InChI is InChI=1S/C13H14FNS/c1-10(9-13-3-2-8-16-13)15-12-6-4-11(14)5-7-12/h2-8,10,15H,9H2,1H3. The van der Waals surface area contributed by atoms with E-state index in [1.807, 2.05) is 0 Å². The molecule has 0 spiro atoms. The van der Waals surface area contributed by atoms with Crippen LogP contribution in [-0.2, 0) is 6.42 Å². The van der Waals surface area contributed by atoms with Crippen molar-refractivity contribution in [2.75, 3.05) is 5.32 Å². The van der Waals surface area contributed by atoms with E-state index in [1.54, 1.807) is 23.5 Å². The average Bonchev–Trinajstić information content (AvgIpc) is 2.74. The Hall–Kier alpha value is -1.35. The molecule has 0 fully saturated rings. The van der Waals surface area contributed by atoms with Crippen LogP contribution < -0.4 is 5.32 Å². The van der Waals surface area contributed by atoms with Crippen LogP contribution >= 0.6 is 11.3 Å². The fourth-order valence-electron chi connectivity index (χ4n) is 1.61. The molecular weight excluding hydrogens is 221 g/mol. The van der Waals surface area contributed by atoms with E-state index in [0.29, 0.717) is 6.04 Å². The third-order valence-corrected chi connectivity index (χ3v) is 3.24. The van der Waals surface area contributed by atoms with E-state index in [0.717, 1.165) is 12.1 Å². The number of hydrogen-bond donors (Lipinski definition) is 1. The SMILES string of the molecule is CC(Cc1cccs1)Nc1ccc(F)cc1. The Bertz CT molecular complexity index is 422. The van der Waals surface area contributed by atoms with E-state index in [1.165, 1.54) is 17.0 Å². The Labute approximate surface area is 98.9 Å². The van der Waals surface area contributed by atoms with Gasteiger partial charge in [-0.3, -0.25) is 0 Å². The minimum Gasteiger partial charge on any atom is -0.382 e. The van der Waals surface area contributed by atoms with Gasteiger partial charge in [-0.25, -0.2) is 4.39 Å². The second-order valence-corrected chi connectivity index (χ2v) is 4.87. The lowest BCUT2D eigenvalue weighted by atomic mass is 10.2. The molecule has 0 bridgehead atoms. The first-order valence-corrected chi connectivity index (χ1v) is 6.16. The second kappa shape index (κ2) is 5.12. The van der Waals surface area contributed by atoms with Crippen LogP contribution in [0.25, 0.3) is 0 Å². The summed E-state index contributed by atoms with van der Waals surface area (Å²) in [4.78, 5) is 1.36. The number of rotatable bonds is 4. The Balaban J connectivity index is 1.92. The van der Waals surface area contributed by atoms with Gasteiger partial charge < -0.3 is 5.32 Å². The van der Waals surface area contributed by atoms with Gasteiger partial charge in [0.25, 0.3) is 0 Å². The third kappa shape index (κ3) is 3.07. The zero-order chi connectivity index (χ0) is 11.4. The molecule has 0 aliphatic rings. The van der Waals surface area contributed by atoms with E-state index < -0.39 is 0 Å². The van der Waals surface area contributed by atoms with Crippen molar-refractivity contribution in [3.63, 3.8) is 0 Å². The van der Waals surface area contributed by atoms with Gasteiger partial charge in [-0.05, 0) is 42.6 Å². The van der Waals surface area contributed by atoms with Gasteiger partial charge >= 0.3 is 0 Å². The number of halogens is 1. The molecule has 0 amide bonds. The summed E-state index contributed by atoms with van der Waals surface area (Å²) in [6.45, 7) is 2.13. The minimum atomic E-state index is -0.198. The summed E-state index contributed by atoms with van der Waals surface area (Å²) in [6.07, 6.45) is 0.995. The molecule has 1 heterocycles. The molecule has 0 aliphatic carbocycles. The van der Waals surface area contributed by atoms with Gasteiger partial charge in [0.2, 0.25) is 0 Å². The lowest BCUT2D eigenvalue weighted by molar-refractivity contribution is 0.628. The van der Waals surface area contributed by atoms with E-state index in [-0.39, 0.29) is 5.82 Å². The molecule has 0 saturated carbocycles. The summed E-state index contributed by atoms with van der Waals surface area (Å²) < 4.78 is 12.7. The Morgan fingerprint density at radius 3 is 2.62 bits per heavy atom. The van der Waals surface area contributed by atoms with Crippen LogP contribution in [0.1, 0.15) is 11.8 Å². The summed E-state index contributed by atoms with van der Waals surface area (Å²) in [7, 11) is 0. The van der Waals surface area contributed by atoms with Gasteiger partial charge in [0.1, 0.15) is 5.82 Å². The fraction of sp³-hybridized carbons (Fsp3) is 0.231. The molecule has 2 aromatic rings. The van der Waals surface area contributed by atoms with Crippen molar-refractivity contribution in [1.29, 1.82) is 0 Å². The van der Waals surface area contributed by atoms with Gasteiger partial charge in [-0.2, -0.15) is 0 Å². The zero-order valence-electron chi connectivity index (χ0n) is 9.11. The summed E-state index contributed by atoms with van der Waals surface area (Å²) in [5.74, 6) is -0.198. The summed E-state index contributed by atoms with van der Waals surface area (Å²) in [5, 5.41) is 5.43. The van der Waals surface area contributed by atoms with Crippen LogP contribution in [0.15, 0.2) is 41.8 Å². The van der Waals surface area contributed by atoms with Crippen LogP contribution in [-0.4, -0.2) is 6.04 Å². The highest BCUT2D eigenvalue weighted by Crippen LogP contribution is 2.15. The molecule has 0 aliphatic heterocycles. The van der Waals surface area contributed by atoms with E-state index in [9.17, 15) is 4.39 Å². The molecule has 0 saturated heterocycles. The van der Waals surface area contributed by atoms with E-state index in [2.05, 4.69) is 29.8 Å². The Kier molecular flexibility index (Phi) is 3.57. The van der Waals surface area contributed by atoms with Crippen molar-refractivity contribution in [2.24, 2.45) is 0 Å². The monoisotopic (exact) mass is 235 g/mol. The predicted molar refractivity (Wildman–Crippen MR) is 67.5 cm³/mol. The largest absolute Gasteiger partial charge is 0.382 e. The fourth-order valence-corrected chi connectivity index (χ4v) is 2.45. The number of hydrogen-bond acceptors (Lipinski definition) is 2. The van der Waals surface area contributed by atoms with Gasteiger partial charge in [-0.1, -0.05) is 6.07 Å². The lowest BCUT2D eigenvalue weighted by Gasteiger charge is -2.14. The van der Waals surface area contributed by atoms with Crippen molar-refractivity contribution in [3.05, 3.63) is 52.5 Å². The van der Waals surface area contributed by atoms with Crippen LogP contribution in [0.2, 0.25) is 0 Å². The first-order valence-electron chi connectivity index (χ1n) is 5.28. The highest BCUT2D eigenvalue weighted by Gasteiger charge is 2.04. The molecule has 1 aromatic heterocycles. The van der Waals surface area contributed by atoms with Gasteiger partial charge in [0, 0.05) is 23.0 Å². The van der Waals surface area contributed by atoms with Crippen molar-refractivity contribution in [1.82, 2.24) is 0 Å². The molecule has 1 aromatic carbocycles. The number of anilines is 1. The van der Waals surface area contributed by atoms with Crippen molar-refractivity contribution in [3.8, 4) is 0 Å². The predicted octanol–water partition coefficient (Wildman–Crippen LogP) is 3.93. The van der Waals surface area contributed by atoms with Crippen LogP contribution in [0.3, 0.4) is 0 Å². The molecule has 16 heavy (non-hydrogen) atoms. The maximum atomic E-state index is 12.7. The lowest BCUT2D eigenvalue weighted by Crippen LogP contribution is -2.17. The summed E-state index contributed by atoms with van der Waals surface area (Å²) >= 11 is 1.76. The zero-order valence-corrected chi connectivity index (χ0v) is 9.93.